The Hall–Kier alpha value is -0.940. The summed E-state index contributed by atoms with van der Waals surface area (Å²) < 4.78 is 1.77. The van der Waals surface area contributed by atoms with Crippen LogP contribution in [-0.4, -0.2) is 50.9 Å². The van der Waals surface area contributed by atoms with E-state index < -0.39 is 0 Å². The Labute approximate surface area is 109 Å². The second kappa shape index (κ2) is 4.97. The Morgan fingerprint density at radius 2 is 2.28 bits per heavy atom. The summed E-state index contributed by atoms with van der Waals surface area (Å²) in [5.41, 5.74) is 0. The molecule has 1 saturated heterocycles. The Kier molecular flexibility index (Phi) is 3.35. The molecule has 0 bridgehead atoms. The first-order valence-electron chi connectivity index (χ1n) is 7.06. The summed E-state index contributed by atoms with van der Waals surface area (Å²) in [6.45, 7) is 4.57. The Morgan fingerprint density at radius 1 is 1.44 bits per heavy atom. The second-order valence-electron chi connectivity index (χ2n) is 5.75. The summed E-state index contributed by atoms with van der Waals surface area (Å²) in [5.74, 6) is 0.940. The van der Waals surface area contributed by atoms with E-state index in [0.717, 1.165) is 30.9 Å². The van der Waals surface area contributed by atoms with E-state index in [1.165, 1.54) is 25.8 Å². The van der Waals surface area contributed by atoms with Gasteiger partial charge in [0.25, 0.3) is 0 Å². The summed E-state index contributed by atoms with van der Waals surface area (Å²) in [7, 11) is 1.91. The topological polar surface area (TPSA) is 46.0 Å². The van der Waals surface area contributed by atoms with Crippen LogP contribution in [0.25, 0.3) is 0 Å². The molecule has 0 aromatic carbocycles. The van der Waals surface area contributed by atoms with E-state index in [-0.39, 0.29) is 0 Å². The zero-order chi connectivity index (χ0) is 12.5. The van der Waals surface area contributed by atoms with Crippen LogP contribution in [0, 0.1) is 0 Å². The number of aromatic nitrogens is 3. The highest BCUT2D eigenvalue weighted by atomic mass is 15.3. The zero-order valence-electron chi connectivity index (χ0n) is 11.3. The maximum absolute atomic E-state index is 4.30. The van der Waals surface area contributed by atoms with Gasteiger partial charge < -0.3 is 5.32 Å². The minimum absolute atomic E-state index is 0.657. The van der Waals surface area contributed by atoms with Crippen LogP contribution < -0.4 is 5.32 Å². The molecule has 1 aliphatic carbocycles. The van der Waals surface area contributed by atoms with Gasteiger partial charge in [0.2, 0.25) is 0 Å². The lowest BCUT2D eigenvalue weighted by atomic mass is 10.2. The van der Waals surface area contributed by atoms with Gasteiger partial charge in [-0.1, -0.05) is 0 Å². The molecule has 1 aliphatic heterocycles. The molecule has 2 aliphatic rings. The fraction of sp³-hybridized carbons (Fsp3) is 0.846. The second-order valence-corrected chi connectivity index (χ2v) is 5.75. The number of nitrogens with one attached hydrogen (secondary N) is 1. The third-order valence-corrected chi connectivity index (χ3v) is 4.07. The fourth-order valence-corrected chi connectivity index (χ4v) is 3.01. The van der Waals surface area contributed by atoms with Gasteiger partial charge in [0, 0.05) is 44.7 Å². The van der Waals surface area contributed by atoms with Gasteiger partial charge in [-0.05, 0) is 26.2 Å². The monoisotopic (exact) mass is 249 g/mol. The van der Waals surface area contributed by atoms with Crippen LogP contribution in [-0.2, 0) is 13.5 Å². The summed E-state index contributed by atoms with van der Waals surface area (Å²) in [6.07, 6.45) is 6.80. The van der Waals surface area contributed by atoms with Gasteiger partial charge in [0.1, 0.15) is 6.33 Å². The van der Waals surface area contributed by atoms with Crippen molar-refractivity contribution in [2.45, 2.75) is 50.7 Å². The summed E-state index contributed by atoms with van der Waals surface area (Å²) >= 11 is 0. The average molecular weight is 249 g/mol. The SMILES string of the molecule is CC1CC(NCCc2ncn(C)n2)CN1C1CC1. The highest BCUT2D eigenvalue weighted by molar-refractivity contribution is 4.96. The zero-order valence-corrected chi connectivity index (χ0v) is 11.3. The lowest BCUT2D eigenvalue weighted by molar-refractivity contribution is 0.255. The maximum atomic E-state index is 4.30. The van der Waals surface area contributed by atoms with Crippen molar-refractivity contribution < 1.29 is 0 Å². The van der Waals surface area contributed by atoms with Gasteiger partial charge >= 0.3 is 0 Å². The van der Waals surface area contributed by atoms with Crippen molar-refractivity contribution in [3.63, 3.8) is 0 Å². The largest absolute Gasteiger partial charge is 0.312 e. The van der Waals surface area contributed by atoms with Crippen molar-refractivity contribution in [3.05, 3.63) is 12.2 Å². The fourth-order valence-electron chi connectivity index (χ4n) is 3.01. The van der Waals surface area contributed by atoms with E-state index in [4.69, 9.17) is 0 Å². The molecular formula is C13H23N5. The van der Waals surface area contributed by atoms with Crippen molar-refractivity contribution >= 4 is 0 Å². The molecule has 1 aromatic heterocycles. The van der Waals surface area contributed by atoms with E-state index in [1.807, 2.05) is 7.05 Å². The van der Waals surface area contributed by atoms with Crippen LogP contribution in [0.3, 0.4) is 0 Å². The van der Waals surface area contributed by atoms with E-state index in [9.17, 15) is 0 Å². The van der Waals surface area contributed by atoms with Gasteiger partial charge in [-0.2, -0.15) is 5.10 Å². The summed E-state index contributed by atoms with van der Waals surface area (Å²) in [5, 5.41) is 7.95. The Morgan fingerprint density at radius 3 is 2.94 bits per heavy atom. The van der Waals surface area contributed by atoms with Crippen LogP contribution in [0.2, 0.25) is 0 Å². The highest BCUT2D eigenvalue weighted by Crippen LogP contribution is 2.33. The molecule has 3 rings (SSSR count). The van der Waals surface area contributed by atoms with Crippen molar-refractivity contribution in [1.82, 2.24) is 25.0 Å². The number of rotatable bonds is 5. The molecule has 2 fully saturated rings. The van der Waals surface area contributed by atoms with E-state index >= 15 is 0 Å². The normalized spacial score (nSPS) is 29.0. The predicted octanol–water partition coefficient (Wildman–Crippen LogP) is 0.572. The molecular weight excluding hydrogens is 226 g/mol. The van der Waals surface area contributed by atoms with Crippen LogP contribution in [0.15, 0.2) is 6.33 Å². The minimum Gasteiger partial charge on any atom is -0.312 e. The molecule has 0 spiro atoms. The number of hydrogen-bond donors (Lipinski definition) is 1. The van der Waals surface area contributed by atoms with Crippen LogP contribution in [0.4, 0.5) is 0 Å². The average Bonchev–Trinajstić information content (AvgIpc) is 3.00. The minimum atomic E-state index is 0.657. The van der Waals surface area contributed by atoms with Gasteiger partial charge in [0.05, 0.1) is 0 Å². The molecule has 18 heavy (non-hydrogen) atoms. The van der Waals surface area contributed by atoms with Crippen LogP contribution in [0.1, 0.15) is 32.0 Å². The third-order valence-electron chi connectivity index (χ3n) is 4.07. The summed E-state index contributed by atoms with van der Waals surface area (Å²) in [6, 6.07) is 2.30. The smallest absolute Gasteiger partial charge is 0.151 e. The molecule has 5 heteroatoms. The molecule has 1 N–H and O–H groups in total. The van der Waals surface area contributed by atoms with Crippen LogP contribution in [0.5, 0.6) is 0 Å². The number of likely N-dealkylation sites (tertiary alicyclic amines) is 1. The Bertz CT molecular complexity index is 398. The van der Waals surface area contributed by atoms with Gasteiger partial charge in [-0.25, -0.2) is 4.98 Å². The lowest BCUT2D eigenvalue weighted by Gasteiger charge is -2.19. The standard InChI is InChI=1S/C13H23N5/c1-10-7-11(8-18(10)12-3-4-12)14-6-5-13-15-9-17(2)16-13/h9-12,14H,3-8H2,1-2H3. The molecule has 1 aromatic rings. The summed E-state index contributed by atoms with van der Waals surface area (Å²) in [4.78, 5) is 6.93. The molecule has 2 heterocycles. The predicted molar refractivity (Wildman–Crippen MR) is 70.3 cm³/mol. The number of hydrogen-bond acceptors (Lipinski definition) is 4. The van der Waals surface area contributed by atoms with E-state index in [0.29, 0.717) is 6.04 Å². The maximum Gasteiger partial charge on any atom is 0.151 e. The van der Waals surface area contributed by atoms with Gasteiger partial charge in [-0.15, -0.1) is 0 Å². The Balaban J connectivity index is 1.41. The quantitative estimate of drug-likeness (QED) is 0.829. The third kappa shape index (κ3) is 2.72. The molecule has 2 atom stereocenters. The first kappa shape index (κ1) is 12.1. The van der Waals surface area contributed by atoms with Crippen molar-refractivity contribution in [2.75, 3.05) is 13.1 Å². The van der Waals surface area contributed by atoms with Gasteiger partial charge in [-0.3, -0.25) is 9.58 Å². The number of nitrogens with zero attached hydrogens (tertiary/aromatic N) is 4. The molecule has 0 radical (unpaired) electrons. The molecule has 0 amide bonds. The van der Waals surface area contributed by atoms with Gasteiger partial charge in [0.15, 0.2) is 5.82 Å². The first-order valence-corrected chi connectivity index (χ1v) is 7.06. The van der Waals surface area contributed by atoms with Crippen molar-refractivity contribution in [3.8, 4) is 0 Å². The highest BCUT2D eigenvalue weighted by Gasteiger charge is 2.38. The lowest BCUT2D eigenvalue weighted by Crippen LogP contribution is -2.35. The van der Waals surface area contributed by atoms with Crippen molar-refractivity contribution in [2.24, 2.45) is 7.05 Å². The molecule has 100 valence electrons. The number of aryl methyl sites for hydroxylation is 1. The van der Waals surface area contributed by atoms with E-state index in [1.54, 1.807) is 11.0 Å². The first-order chi connectivity index (χ1) is 8.72. The molecule has 5 nitrogen and oxygen atoms in total. The molecule has 2 unspecified atom stereocenters. The van der Waals surface area contributed by atoms with E-state index in [2.05, 4.69) is 27.2 Å². The molecule has 1 saturated carbocycles. The van der Waals surface area contributed by atoms with Crippen LogP contribution >= 0.6 is 0 Å². The van der Waals surface area contributed by atoms with Crippen molar-refractivity contribution in [1.29, 1.82) is 0 Å².